The number of nitrogens with one attached hydrogen (secondary N) is 2. The average molecular weight is 574 g/mol. The van der Waals surface area contributed by atoms with Crippen LogP contribution in [-0.4, -0.2) is 14.9 Å². The molecule has 3 aromatic carbocycles. The molecule has 0 spiro atoms. The Kier molecular flexibility index (Phi) is 8.00. The molecule has 1 heterocycles. The van der Waals surface area contributed by atoms with Gasteiger partial charge in [-0.2, -0.15) is 5.26 Å². The van der Waals surface area contributed by atoms with Crippen molar-refractivity contribution in [2.45, 2.75) is 12.8 Å². The van der Waals surface area contributed by atoms with Gasteiger partial charge in [0.15, 0.2) is 0 Å². The minimum Gasteiger partial charge on any atom is -0.334 e. The number of hydrogen-bond donors (Lipinski definition) is 2. The summed E-state index contributed by atoms with van der Waals surface area (Å²) in [4.78, 5) is 19.5. The first-order valence-electron chi connectivity index (χ1n) is 10.6. The third-order valence-corrected chi connectivity index (χ3v) is 6.57. The molecule has 1 unspecified atom stereocenters. The lowest BCUT2D eigenvalue weighted by Gasteiger charge is -2.17. The molecule has 0 saturated heterocycles. The molecule has 1 atom stereocenters. The van der Waals surface area contributed by atoms with E-state index in [2.05, 4.69) is 26.7 Å². The second-order valence-corrected chi connectivity index (χ2v) is 9.54. The van der Waals surface area contributed by atoms with Crippen molar-refractivity contribution in [2.24, 2.45) is 0 Å². The van der Waals surface area contributed by atoms with Gasteiger partial charge < -0.3 is 10.6 Å². The first kappa shape index (κ1) is 26.5. The van der Waals surface area contributed by atoms with Crippen LogP contribution in [0, 0.1) is 28.4 Å². The highest BCUT2D eigenvalue weighted by Crippen LogP contribution is 2.38. The van der Waals surface area contributed by atoms with Gasteiger partial charge >= 0.3 is 5.69 Å². The first-order valence-corrected chi connectivity index (χ1v) is 12.1. The topological polar surface area (TPSA) is 117 Å². The molecule has 0 bridgehead atoms. The van der Waals surface area contributed by atoms with E-state index in [0.29, 0.717) is 42.6 Å². The van der Waals surface area contributed by atoms with Gasteiger partial charge in [-0.05, 0) is 60.0 Å². The highest BCUT2D eigenvalue weighted by molar-refractivity contribution is 6.35. The number of nitro groups is 1. The molecule has 0 radical (unpaired) electrons. The molecule has 8 nitrogen and oxygen atoms in total. The highest BCUT2D eigenvalue weighted by Gasteiger charge is 2.25. The molecule has 186 valence electrons. The van der Waals surface area contributed by atoms with Crippen LogP contribution < -0.4 is 10.6 Å². The maximum Gasteiger partial charge on any atom is 0.353 e. The summed E-state index contributed by atoms with van der Waals surface area (Å²) in [5, 5.41) is 29.2. The Balaban J connectivity index is 1.70. The van der Waals surface area contributed by atoms with Crippen LogP contribution >= 0.6 is 46.4 Å². The van der Waals surface area contributed by atoms with Gasteiger partial charge in [-0.25, -0.2) is 9.97 Å². The highest BCUT2D eigenvalue weighted by atomic mass is 35.5. The zero-order valence-electron chi connectivity index (χ0n) is 19.0. The van der Waals surface area contributed by atoms with Crippen LogP contribution in [0.25, 0.3) is 0 Å². The monoisotopic (exact) mass is 572 g/mol. The molecule has 0 fully saturated rings. The summed E-state index contributed by atoms with van der Waals surface area (Å²) in [7, 11) is 0. The Morgan fingerprint density at radius 1 is 0.892 bits per heavy atom. The maximum absolute atomic E-state index is 12.0. The third-order valence-electron chi connectivity index (χ3n) is 5.43. The van der Waals surface area contributed by atoms with Crippen molar-refractivity contribution in [2.75, 3.05) is 10.6 Å². The molecule has 4 rings (SSSR count). The fourth-order valence-corrected chi connectivity index (χ4v) is 4.36. The van der Waals surface area contributed by atoms with Gasteiger partial charge in [0.2, 0.25) is 11.6 Å². The average Bonchev–Trinajstić information content (AvgIpc) is 2.85. The molecule has 0 aliphatic carbocycles. The number of nitriles is 1. The van der Waals surface area contributed by atoms with Gasteiger partial charge in [0.1, 0.15) is 6.33 Å². The van der Waals surface area contributed by atoms with Crippen LogP contribution in [0.3, 0.4) is 0 Å². The molecule has 2 N–H and O–H groups in total. The fourth-order valence-electron chi connectivity index (χ4n) is 3.62. The molecular weight excluding hydrogens is 558 g/mol. The van der Waals surface area contributed by atoms with Crippen LogP contribution in [-0.2, 0) is 0 Å². The zero-order valence-corrected chi connectivity index (χ0v) is 22.0. The molecule has 4 aromatic rings. The van der Waals surface area contributed by atoms with Crippen molar-refractivity contribution >= 4 is 75.1 Å². The quantitative estimate of drug-likeness (QED) is 0.168. The number of nitrogens with zero attached hydrogens (tertiary/aromatic N) is 4. The molecular formula is C25H16Cl4N6O2. The second-order valence-electron chi connectivity index (χ2n) is 7.85. The lowest BCUT2D eigenvalue weighted by Crippen LogP contribution is -2.07. The Labute approximate surface area is 231 Å². The van der Waals surface area contributed by atoms with Crippen molar-refractivity contribution in [1.82, 2.24) is 9.97 Å². The summed E-state index contributed by atoms with van der Waals surface area (Å²) in [6, 6.07) is 17.2. The number of halogens is 4. The summed E-state index contributed by atoms with van der Waals surface area (Å²) >= 11 is 24.8. The van der Waals surface area contributed by atoms with E-state index in [4.69, 9.17) is 46.4 Å². The Bertz CT molecular complexity index is 1540. The summed E-state index contributed by atoms with van der Waals surface area (Å²) < 4.78 is 0. The van der Waals surface area contributed by atoms with Gasteiger partial charge in [0, 0.05) is 20.8 Å². The third kappa shape index (κ3) is 5.87. The first-order chi connectivity index (χ1) is 17.7. The van der Waals surface area contributed by atoms with Crippen LogP contribution in [0.1, 0.15) is 22.6 Å². The molecule has 0 aliphatic rings. The predicted octanol–water partition coefficient (Wildman–Crippen LogP) is 8.45. The number of aromatic nitrogens is 2. The van der Waals surface area contributed by atoms with Gasteiger partial charge in [0.05, 0.1) is 27.6 Å². The second kappa shape index (κ2) is 11.2. The Morgan fingerprint density at radius 3 is 2.14 bits per heavy atom. The minimum absolute atomic E-state index is 0.0675. The van der Waals surface area contributed by atoms with Gasteiger partial charge in [-0.15, -0.1) is 0 Å². The molecule has 1 aromatic heterocycles. The minimum atomic E-state index is -0.635. The number of aryl methyl sites for hydroxylation is 1. The van der Waals surface area contributed by atoms with Crippen molar-refractivity contribution in [1.29, 1.82) is 5.26 Å². The normalized spacial score (nSPS) is 11.5. The van der Waals surface area contributed by atoms with E-state index in [-0.39, 0.29) is 11.6 Å². The SMILES string of the molecule is Cc1cc(C(C#N)c2ccc(Cl)cc2)c(Cl)cc1Nc1ncnc(Nc2cc(Cl)ccc2Cl)c1[N+](=O)[O-]. The smallest absolute Gasteiger partial charge is 0.334 e. The number of benzene rings is 3. The zero-order chi connectivity index (χ0) is 26.7. The molecule has 37 heavy (non-hydrogen) atoms. The van der Waals surface area contributed by atoms with Gasteiger partial charge in [-0.1, -0.05) is 64.6 Å². The molecule has 0 aliphatic heterocycles. The lowest BCUT2D eigenvalue weighted by atomic mass is 9.91. The van der Waals surface area contributed by atoms with E-state index in [1.54, 1.807) is 55.5 Å². The maximum atomic E-state index is 12.0. The van der Waals surface area contributed by atoms with E-state index in [0.717, 1.165) is 5.56 Å². The van der Waals surface area contributed by atoms with Gasteiger partial charge in [-0.3, -0.25) is 10.1 Å². The standard InChI is InChI=1S/C25H16Cl4N6O2/c1-13-8-17(18(11-30)14-2-4-15(26)5-3-14)20(29)10-21(13)33-24-23(35(36)37)25(32-12-31-24)34-22-9-16(27)6-7-19(22)28/h2-10,12,18H,1H3,(H2,31,32,33,34). The molecule has 12 heteroatoms. The summed E-state index contributed by atoms with van der Waals surface area (Å²) in [6.45, 7) is 1.79. The van der Waals surface area contributed by atoms with E-state index in [1.165, 1.54) is 12.4 Å². The molecule has 0 saturated carbocycles. The van der Waals surface area contributed by atoms with Crippen LogP contribution in [0.5, 0.6) is 0 Å². The van der Waals surface area contributed by atoms with Crippen molar-refractivity contribution in [3.8, 4) is 6.07 Å². The van der Waals surface area contributed by atoms with E-state index in [9.17, 15) is 15.4 Å². The Morgan fingerprint density at radius 2 is 1.51 bits per heavy atom. The van der Waals surface area contributed by atoms with Crippen LogP contribution in [0.4, 0.5) is 28.7 Å². The van der Waals surface area contributed by atoms with Crippen molar-refractivity contribution in [3.05, 3.63) is 108 Å². The van der Waals surface area contributed by atoms with Crippen LogP contribution in [0.15, 0.2) is 60.9 Å². The van der Waals surface area contributed by atoms with Crippen molar-refractivity contribution in [3.63, 3.8) is 0 Å². The fraction of sp³-hybridized carbons (Fsp3) is 0.0800. The van der Waals surface area contributed by atoms with Crippen molar-refractivity contribution < 1.29 is 4.92 Å². The van der Waals surface area contributed by atoms with E-state index in [1.807, 2.05) is 0 Å². The van der Waals surface area contributed by atoms with E-state index < -0.39 is 16.5 Å². The molecule has 0 amide bonds. The predicted molar refractivity (Wildman–Crippen MR) is 147 cm³/mol. The van der Waals surface area contributed by atoms with Crippen LogP contribution in [0.2, 0.25) is 20.1 Å². The number of anilines is 4. The summed E-state index contributed by atoms with van der Waals surface area (Å²) in [5.74, 6) is -0.787. The van der Waals surface area contributed by atoms with E-state index >= 15 is 0 Å². The number of hydrogen-bond acceptors (Lipinski definition) is 7. The largest absolute Gasteiger partial charge is 0.353 e. The Hall–Kier alpha value is -3.61. The summed E-state index contributed by atoms with van der Waals surface area (Å²) in [6.07, 6.45) is 1.17. The summed E-state index contributed by atoms with van der Waals surface area (Å²) in [5.41, 5.74) is 2.41. The van der Waals surface area contributed by atoms with Gasteiger partial charge in [0.25, 0.3) is 0 Å². The lowest BCUT2D eigenvalue weighted by molar-refractivity contribution is -0.383. The number of rotatable bonds is 7.